The molecule has 1 aromatic rings. The molecule has 21 heavy (non-hydrogen) atoms. The third-order valence-corrected chi connectivity index (χ3v) is 2.71. The quantitative estimate of drug-likeness (QED) is 0.701. The molecule has 0 aliphatic carbocycles. The lowest BCUT2D eigenvalue weighted by Crippen LogP contribution is -2.32. The van der Waals surface area contributed by atoms with Crippen LogP contribution >= 0.6 is 0 Å². The van der Waals surface area contributed by atoms with Crippen LogP contribution in [0.1, 0.15) is 6.42 Å². The summed E-state index contributed by atoms with van der Waals surface area (Å²) in [5, 5.41) is 2.77. The van der Waals surface area contributed by atoms with Crippen LogP contribution in [0.5, 0.6) is 5.88 Å². The fourth-order valence-electron chi connectivity index (χ4n) is 1.54. The molecule has 0 spiro atoms. The predicted molar refractivity (Wildman–Crippen MR) is 79.7 cm³/mol. The largest absolute Gasteiger partial charge is 0.475 e. The average molecular weight is 297 g/mol. The van der Waals surface area contributed by atoms with E-state index in [2.05, 4.69) is 10.3 Å². The Morgan fingerprint density at radius 1 is 1.24 bits per heavy atom. The molecule has 0 saturated carbocycles. The van der Waals surface area contributed by atoms with Gasteiger partial charge in [-0.3, -0.25) is 0 Å². The maximum absolute atomic E-state index is 11.9. The minimum atomic E-state index is -0.180. The van der Waals surface area contributed by atoms with Gasteiger partial charge in [0.15, 0.2) is 0 Å². The van der Waals surface area contributed by atoms with Gasteiger partial charge < -0.3 is 24.4 Å². The van der Waals surface area contributed by atoms with Crippen molar-refractivity contribution < 1.29 is 19.0 Å². The van der Waals surface area contributed by atoms with Gasteiger partial charge >= 0.3 is 6.03 Å². The van der Waals surface area contributed by atoms with Crippen molar-refractivity contribution >= 4 is 11.7 Å². The summed E-state index contributed by atoms with van der Waals surface area (Å²) in [7, 11) is 4.99. The van der Waals surface area contributed by atoms with E-state index in [4.69, 9.17) is 14.2 Å². The van der Waals surface area contributed by atoms with E-state index in [1.165, 1.54) is 0 Å². The molecule has 1 heterocycles. The number of carbonyl (C=O) groups is 1. The Morgan fingerprint density at radius 3 is 2.62 bits per heavy atom. The number of urea groups is 1. The zero-order valence-electron chi connectivity index (χ0n) is 12.8. The molecule has 0 atom stereocenters. The number of ether oxygens (including phenoxy) is 3. The Hall–Kier alpha value is -1.86. The summed E-state index contributed by atoms with van der Waals surface area (Å²) in [6.07, 6.45) is 2.36. The zero-order valence-corrected chi connectivity index (χ0v) is 12.8. The third kappa shape index (κ3) is 6.92. The average Bonchev–Trinajstić information content (AvgIpc) is 2.49. The van der Waals surface area contributed by atoms with Crippen molar-refractivity contribution in [1.82, 2.24) is 9.88 Å². The van der Waals surface area contributed by atoms with Gasteiger partial charge in [0.1, 0.15) is 6.61 Å². The van der Waals surface area contributed by atoms with Crippen molar-refractivity contribution in [3.05, 3.63) is 18.3 Å². The van der Waals surface area contributed by atoms with Crippen LogP contribution < -0.4 is 10.1 Å². The Bertz CT molecular complexity index is 411. The van der Waals surface area contributed by atoms with Crippen LogP contribution in [-0.4, -0.2) is 63.5 Å². The van der Waals surface area contributed by atoms with E-state index in [9.17, 15) is 4.79 Å². The highest BCUT2D eigenvalue weighted by atomic mass is 16.5. The lowest BCUT2D eigenvalue weighted by Gasteiger charge is -2.17. The first-order chi connectivity index (χ1) is 10.2. The lowest BCUT2D eigenvalue weighted by molar-refractivity contribution is 0.144. The molecule has 0 unspecified atom stereocenters. The maximum atomic E-state index is 11.9. The van der Waals surface area contributed by atoms with Crippen LogP contribution in [0, 0.1) is 0 Å². The summed E-state index contributed by atoms with van der Waals surface area (Å²) in [4.78, 5) is 17.6. The van der Waals surface area contributed by atoms with E-state index >= 15 is 0 Å². The van der Waals surface area contributed by atoms with Crippen LogP contribution in [0.4, 0.5) is 10.5 Å². The summed E-state index contributed by atoms with van der Waals surface area (Å²) >= 11 is 0. The maximum Gasteiger partial charge on any atom is 0.321 e. The fourth-order valence-corrected chi connectivity index (χ4v) is 1.54. The number of hydrogen-bond acceptors (Lipinski definition) is 5. The van der Waals surface area contributed by atoms with Gasteiger partial charge in [0.2, 0.25) is 5.88 Å². The van der Waals surface area contributed by atoms with Crippen molar-refractivity contribution in [3.8, 4) is 5.88 Å². The fraction of sp³-hybridized carbons (Fsp3) is 0.571. The highest BCUT2D eigenvalue weighted by Gasteiger charge is 2.08. The number of nitrogens with one attached hydrogen (secondary N) is 1. The topological polar surface area (TPSA) is 72.9 Å². The lowest BCUT2D eigenvalue weighted by atomic mass is 10.4. The molecule has 7 heteroatoms. The first kappa shape index (κ1) is 17.2. The van der Waals surface area contributed by atoms with E-state index < -0.39 is 0 Å². The SMILES string of the molecule is COCCCN(C)C(=O)Nc1ccc(OCCOC)nc1. The second-order valence-electron chi connectivity index (χ2n) is 4.42. The van der Waals surface area contributed by atoms with Gasteiger partial charge in [0, 0.05) is 40.5 Å². The van der Waals surface area contributed by atoms with Crippen LogP contribution in [0.2, 0.25) is 0 Å². The molecule has 1 N–H and O–H groups in total. The molecular weight excluding hydrogens is 274 g/mol. The monoisotopic (exact) mass is 297 g/mol. The Balaban J connectivity index is 2.38. The number of methoxy groups -OCH3 is 2. The number of carbonyl (C=O) groups excluding carboxylic acids is 1. The number of amides is 2. The van der Waals surface area contributed by atoms with Gasteiger partial charge in [0.25, 0.3) is 0 Å². The molecule has 1 aromatic heterocycles. The second-order valence-corrected chi connectivity index (χ2v) is 4.42. The molecule has 2 amide bonds. The van der Waals surface area contributed by atoms with Gasteiger partial charge in [0.05, 0.1) is 18.5 Å². The van der Waals surface area contributed by atoms with Crippen molar-refractivity contribution in [1.29, 1.82) is 0 Å². The summed E-state index contributed by atoms with van der Waals surface area (Å²) in [6, 6.07) is 3.27. The minimum Gasteiger partial charge on any atom is -0.475 e. The minimum absolute atomic E-state index is 0.180. The molecule has 7 nitrogen and oxygen atoms in total. The van der Waals surface area contributed by atoms with Crippen LogP contribution in [0.25, 0.3) is 0 Å². The van der Waals surface area contributed by atoms with E-state index in [1.807, 2.05) is 0 Å². The first-order valence-corrected chi connectivity index (χ1v) is 6.76. The summed E-state index contributed by atoms with van der Waals surface area (Å²) in [5.41, 5.74) is 0.623. The number of hydrogen-bond donors (Lipinski definition) is 1. The van der Waals surface area contributed by atoms with E-state index in [-0.39, 0.29) is 6.03 Å². The van der Waals surface area contributed by atoms with Gasteiger partial charge in [-0.25, -0.2) is 9.78 Å². The number of pyridine rings is 1. The zero-order chi connectivity index (χ0) is 15.5. The third-order valence-electron chi connectivity index (χ3n) is 2.71. The molecule has 1 rings (SSSR count). The van der Waals surface area contributed by atoms with E-state index in [0.717, 1.165) is 6.42 Å². The van der Waals surface area contributed by atoms with Crippen LogP contribution in [0.3, 0.4) is 0 Å². The van der Waals surface area contributed by atoms with Gasteiger partial charge in [-0.05, 0) is 12.5 Å². The molecule has 0 aliphatic rings. The Kier molecular flexibility index (Phi) is 8.15. The normalized spacial score (nSPS) is 10.2. The number of aromatic nitrogens is 1. The predicted octanol–water partition coefficient (Wildman–Crippen LogP) is 1.61. The summed E-state index contributed by atoms with van der Waals surface area (Å²) in [5.74, 6) is 0.499. The van der Waals surface area contributed by atoms with Crippen molar-refractivity contribution in [2.24, 2.45) is 0 Å². The molecule has 0 radical (unpaired) electrons. The summed E-state index contributed by atoms with van der Waals surface area (Å²) in [6.45, 7) is 2.21. The molecule has 118 valence electrons. The van der Waals surface area contributed by atoms with Crippen LogP contribution in [-0.2, 0) is 9.47 Å². The van der Waals surface area contributed by atoms with Crippen molar-refractivity contribution in [2.45, 2.75) is 6.42 Å². The van der Waals surface area contributed by atoms with Gasteiger partial charge in [-0.15, -0.1) is 0 Å². The highest BCUT2D eigenvalue weighted by Crippen LogP contribution is 2.12. The number of rotatable bonds is 9. The van der Waals surface area contributed by atoms with Gasteiger partial charge in [-0.2, -0.15) is 0 Å². The smallest absolute Gasteiger partial charge is 0.321 e. The number of nitrogens with zero attached hydrogens (tertiary/aromatic N) is 2. The number of anilines is 1. The molecule has 0 aromatic carbocycles. The molecular formula is C14H23N3O4. The molecule has 0 bridgehead atoms. The molecule has 0 aliphatic heterocycles. The molecule has 0 saturated heterocycles. The first-order valence-electron chi connectivity index (χ1n) is 6.76. The highest BCUT2D eigenvalue weighted by molar-refractivity contribution is 5.88. The van der Waals surface area contributed by atoms with E-state index in [0.29, 0.717) is 37.9 Å². The Morgan fingerprint density at radius 2 is 2.00 bits per heavy atom. The second kappa shape index (κ2) is 9.95. The summed E-state index contributed by atoms with van der Waals surface area (Å²) < 4.78 is 15.2. The van der Waals surface area contributed by atoms with E-state index in [1.54, 1.807) is 44.5 Å². The standard InChI is InChI=1S/C14H23N3O4/c1-17(7-4-8-19-2)14(18)16-12-5-6-13(15-11-12)21-10-9-20-3/h5-6,11H,4,7-10H2,1-3H3,(H,16,18). The van der Waals surface area contributed by atoms with Crippen molar-refractivity contribution in [2.75, 3.05) is 52.9 Å². The van der Waals surface area contributed by atoms with Crippen molar-refractivity contribution in [3.63, 3.8) is 0 Å². The molecule has 0 fully saturated rings. The Labute approximate surface area is 125 Å². The van der Waals surface area contributed by atoms with Gasteiger partial charge in [-0.1, -0.05) is 0 Å². The van der Waals surface area contributed by atoms with Crippen LogP contribution in [0.15, 0.2) is 18.3 Å².